The standard InChI is InChI=1S/C21H21ClN4O2/c1-12-5-7-16(9-13(12)2)24-21-23-14(3)10-18(26-21)20(27)25-17-11-15(22)6-8-19(17)28-4/h5-11H,1-4H3,(H,25,27)(H,23,24,26). The fourth-order valence-electron chi connectivity index (χ4n) is 2.65. The Morgan fingerprint density at radius 3 is 2.50 bits per heavy atom. The number of carbonyl (C=O) groups is 1. The quantitative estimate of drug-likeness (QED) is 0.630. The van der Waals surface area contributed by atoms with Gasteiger partial charge in [-0.2, -0.15) is 0 Å². The van der Waals surface area contributed by atoms with Crippen LogP contribution in [0.2, 0.25) is 5.02 Å². The largest absolute Gasteiger partial charge is 0.495 e. The smallest absolute Gasteiger partial charge is 0.274 e. The molecule has 3 rings (SSSR count). The zero-order valence-electron chi connectivity index (χ0n) is 16.1. The molecule has 7 heteroatoms. The zero-order chi connectivity index (χ0) is 20.3. The second-order valence-electron chi connectivity index (χ2n) is 6.44. The van der Waals surface area contributed by atoms with Crippen LogP contribution < -0.4 is 15.4 Å². The molecular formula is C21H21ClN4O2. The Morgan fingerprint density at radius 1 is 1.00 bits per heavy atom. The summed E-state index contributed by atoms with van der Waals surface area (Å²) in [4.78, 5) is 21.4. The third-order valence-electron chi connectivity index (χ3n) is 4.26. The van der Waals surface area contributed by atoms with E-state index in [0.717, 1.165) is 11.3 Å². The van der Waals surface area contributed by atoms with Crippen molar-refractivity contribution in [3.8, 4) is 5.75 Å². The third-order valence-corrected chi connectivity index (χ3v) is 4.49. The summed E-state index contributed by atoms with van der Waals surface area (Å²) in [5.41, 5.74) is 4.59. The summed E-state index contributed by atoms with van der Waals surface area (Å²) in [7, 11) is 1.53. The molecule has 0 saturated carbocycles. The van der Waals surface area contributed by atoms with E-state index in [1.165, 1.54) is 12.7 Å². The van der Waals surface area contributed by atoms with E-state index in [0.29, 0.717) is 28.1 Å². The van der Waals surface area contributed by atoms with Gasteiger partial charge in [-0.25, -0.2) is 9.97 Å². The number of amides is 1. The van der Waals surface area contributed by atoms with E-state index in [1.54, 1.807) is 24.3 Å². The summed E-state index contributed by atoms with van der Waals surface area (Å²) in [5.74, 6) is 0.484. The van der Waals surface area contributed by atoms with Crippen molar-refractivity contribution >= 4 is 34.8 Å². The van der Waals surface area contributed by atoms with Crippen LogP contribution in [0.3, 0.4) is 0 Å². The van der Waals surface area contributed by atoms with E-state index in [2.05, 4.69) is 27.5 Å². The first-order valence-electron chi connectivity index (χ1n) is 8.70. The summed E-state index contributed by atoms with van der Waals surface area (Å²) in [6.45, 7) is 5.90. The van der Waals surface area contributed by atoms with Gasteiger partial charge in [-0.05, 0) is 68.3 Å². The fraction of sp³-hybridized carbons (Fsp3) is 0.190. The lowest BCUT2D eigenvalue weighted by Gasteiger charge is -2.12. The van der Waals surface area contributed by atoms with Crippen LogP contribution in [0.4, 0.5) is 17.3 Å². The van der Waals surface area contributed by atoms with Gasteiger partial charge in [0.1, 0.15) is 11.4 Å². The Hall–Kier alpha value is -3.12. The summed E-state index contributed by atoms with van der Waals surface area (Å²) < 4.78 is 5.27. The highest BCUT2D eigenvalue weighted by Gasteiger charge is 2.14. The Balaban J connectivity index is 1.85. The molecule has 0 bridgehead atoms. The first-order chi connectivity index (χ1) is 13.4. The van der Waals surface area contributed by atoms with Crippen LogP contribution in [0.15, 0.2) is 42.5 Å². The molecule has 0 aliphatic rings. The van der Waals surface area contributed by atoms with Gasteiger partial charge in [0, 0.05) is 16.4 Å². The number of ether oxygens (including phenoxy) is 1. The van der Waals surface area contributed by atoms with E-state index in [1.807, 2.05) is 32.0 Å². The normalized spacial score (nSPS) is 10.5. The Morgan fingerprint density at radius 2 is 1.79 bits per heavy atom. The number of carbonyl (C=O) groups excluding carboxylic acids is 1. The number of aryl methyl sites for hydroxylation is 3. The average Bonchev–Trinajstić information content (AvgIpc) is 2.64. The number of hydrogen-bond acceptors (Lipinski definition) is 5. The minimum atomic E-state index is -0.380. The van der Waals surface area contributed by atoms with E-state index in [9.17, 15) is 4.79 Å². The van der Waals surface area contributed by atoms with Crippen LogP contribution in [0.1, 0.15) is 27.3 Å². The SMILES string of the molecule is COc1ccc(Cl)cc1NC(=O)c1cc(C)nc(Nc2ccc(C)c(C)c2)n1. The molecular weight excluding hydrogens is 376 g/mol. The molecule has 0 saturated heterocycles. The molecule has 6 nitrogen and oxygen atoms in total. The molecule has 3 aromatic rings. The van der Waals surface area contributed by atoms with Gasteiger partial charge in [-0.15, -0.1) is 0 Å². The molecule has 2 N–H and O–H groups in total. The molecule has 0 unspecified atom stereocenters. The van der Waals surface area contributed by atoms with Gasteiger partial charge >= 0.3 is 0 Å². The van der Waals surface area contributed by atoms with Crippen molar-refractivity contribution in [2.75, 3.05) is 17.7 Å². The summed E-state index contributed by atoms with van der Waals surface area (Å²) in [6.07, 6.45) is 0. The molecule has 0 atom stereocenters. The average molecular weight is 397 g/mol. The van der Waals surface area contributed by atoms with Crippen molar-refractivity contribution in [2.24, 2.45) is 0 Å². The van der Waals surface area contributed by atoms with Gasteiger partial charge in [0.2, 0.25) is 5.95 Å². The van der Waals surface area contributed by atoms with Crippen molar-refractivity contribution < 1.29 is 9.53 Å². The summed E-state index contributed by atoms with van der Waals surface area (Å²) in [5, 5.41) is 6.44. The summed E-state index contributed by atoms with van der Waals surface area (Å²) >= 11 is 6.03. The van der Waals surface area contributed by atoms with Crippen molar-refractivity contribution in [1.82, 2.24) is 9.97 Å². The number of nitrogens with zero attached hydrogens (tertiary/aromatic N) is 2. The third kappa shape index (κ3) is 4.58. The number of anilines is 3. The van der Waals surface area contributed by atoms with Crippen LogP contribution in [0.5, 0.6) is 5.75 Å². The van der Waals surface area contributed by atoms with Crippen LogP contribution >= 0.6 is 11.6 Å². The minimum Gasteiger partial charge on any atom is -0.495 e. The molecule has 1 aromatic heterocycles. The first kappa shape index (κ1) is 19.6. The Kier molecular flexibility index (Phi) is 5.80. The molecule has 0 aliphatic carbocycles. The Bertz CT molecular complexity index is 1040. The number of halogens is 1. The van der Waals surface area contributed by atoms with Gasteiger partial charge < -0.3 is 15.4 Å². The minimum absolute atomic E-state index is 0.237. The molecule has 1 amide bonds. The number of rotatable bonds is 5. The lowest BCUT2D eigenvalue weighted by molar-refractivity contribution is 0.102. The van der Waals surface area contributed by atoms with Gasteiger partial charge in [-0.3, -0.25) is 4.79 Å². The highest BCUT2D eigenvalue weighted by atomic mass is 35.5. The lowest BCUT2D eigenvalue weighted by Crippen LogP contribution is -2.16. The van der Waals surface area contributed by atoms with Crippen LogP contribution in [0, 0.1) is 20.8 Å². The molecule has 1 heterocycles. The Labute approximate surface area is 168 Å². The first-order valence-corrected chi connectivity index (χ1v) is 9.08. The van der Waals surface area contributed by atoms with Crippen molar-refractivity contribution in [1.29, 1.82) is 0 Å². The monoisotopic (exact) mass is 396 g/mol. The summed E-state index contributed by atoms with van der Waals surface area (Å²) in [6, 6.07) is 12.6. The fourth-order valence-corrected chi connectivity index (χ4v) is 2.83. The number of nitrogens with one attached hydrogen (secondary N) is 2. The van der Waals surface area contributed by atoms with Gasteiger partial charge in [0.15, 0.2) is 0 Å². The maximum atomic E-state index is 12.7. The van der Waals surface area contributed by atoms with E-state index < -0.39 is 0 Å². The van der Waals surface area contributed by atoms with Crippen LogP contribution in [0.25, 0.3) is 0 Å². The number of aromatic nitrogens is 2. The molecule has 0 radical (unpaired) electrons. The predicted octanol–water partition coefficient (Wildman–Crippen LogP) is 5.06. The molecule has 0 aliphatic heterocycles. The predicted molar refractivity (Wildman–Crippen MR) is 112 cm³/mol. The van der Waals surface area contributed by atoms with Crippen molar-refractivity contribution in [3.63, 3.8) is 0 Å². The highest BCUT2D eigenvalue weighted by Crippen LogP contribution is 2.28. The number of hydrogen-bond donors (Lipinski definition) is 2. The zero-order valence-corrected chi connectivity index (χ0v) is 16.9. The van der Waals surface area contributed by atoms with Gasteiger partial charge in [0.25, 0.3) is 5.91 Å². The molecule has 0 fully saturated rings. The molecule has 144 valence electrons. The van der Waals surface area contributed by atoms with Gasteiger partial charge in [-0.1, -0.05) is 17.7 Å². The molecule has 0 spiro atoms. The second kappa shape index (κ2) is 8.27. The van der Waals surface area contributed by atoms with E-state index in [-0.39, 0.29) is 11.6 Å². The highest BCUT2D eigenvalue weighted by molar-refractivity contribution is 6.31. The van der Waals surface area contributed by atoms with Gasteiger partial charge in [0.05, 0.1) is 12.8 Å². The van der Waals surface area contributed by atoms with E-state index >= 15 is 0 Å². The second-order valence-corrected chi connectivity index (χ2v) is 6.88. The molecule has 2 aromatic carbocycles. The number of methoxy groups -OCH3 is 1. The number of benzene rings is 2. The maximum absolute atomic E-state index is 12.7. The maximum Gasteiger partial charge on any atom is 0.274 e. The van der Waals surface area contributed by atoms with Crippen LogP contribution in [-0.2, 0) is 0 Å². The van der Waals surface area contributed by atoms with Crippen molar-refractivity contribution in [3.05, 3.63) is 70.0 Å². The topological polar surface area (TPSA) is 76.1 Å². The van der Waals surface area contributed by atoms with Crippen molar-refractivity contribution in [2.45, 2.75) is 20.8 Å². The van der Waals surface area contributed by atoms with Crippen LogP contribution in [-0.4, -0.2) is 23.0 Å². The molecule has 28 heavy (non-hydrogen) atoms. The lowest BCUT2D eigenvalue weighted by atomic mass is 10.1. The van der Waals surface area contributed by atoms with E-state index in [4.69, 9.17) is 16.3 Å².